The van der Waals surface area contributed by atoms with E-state index in [-0.39, 0.29) is 0 Å². The third-order valence-electron chi connectivity index (χ3n) is 2.37. The average molecular weight is 372 g/mol. The molecule has 0 aromatic carbocycles. The summed E-state index contributed by atoms with van der Waals surface area (Å²) in [7, 11) is 3.24. The number of ether oxygens (including phenoxy) is 4. The molecule has 8 nitrogen and oxygen atoms in total. The second-order valence-corrected chi connectivity index (χ2v) is 5.06. The first-order valence-electron chi connectivity index (χ1n) is 6.98. The first kappa shape index (κ1) is 20.2. The van der Waals surface area contributed by atoms with E-state index in [4.69, 9.17) is 43.4 Å². The van der Waals surface area contributed by atoms with Crippen LogP contribution in [0.1, 0.15) is 0 Å². The Hall–Kier alpha value is -1.88. The number of aromatic amines is 2. The molecular weight excluding hydrogens is 352 g/mol. The summed E-state index contributed by atoms with van der Waals surface area (Å²) in [6.45, 7) is 2.09. The van der Waals surface area contributed by atoms with Crippen molar-refractivity contribution in [1.29, 1.82) is 0 Å². The highest BCUT2D eigenvalue weighted by Crippen LogP contribution is 2.01. The van der Waals surface area contributed by atoms with Crippen molar-refractivity contribution in [2.24, 2.45) is 0 Å². The number of aromatic nitrogens is 4. The standard InChI is InChI=1S/2C7H10N2O2S/c2*1-10-2-3-11-6-4-9-7(12)5-8-6/h2*4-5H,2-3H2,1H3,(H,9,12). The SMILES string of the molecule is COCCOc1c[nH]c(=S)cn1.COCCOc1c[nH]c(=S)cn1. The molecule has 24 heavy (non-hydrogen) atoms. The van der Waals surface area contributed by atoms with Crippen molar-refractivity contribution in [3.8, 4) is 11.8 Å². The molecule has 0 unspecified atom stereocenters. The van der Waals surface area contributed by atoms with E-state index in [0.29, 0.717) is 47.5 Å². The average Bonchev–Trinajstić information content (AvgIpc) is 2.59. The van der Waals surface area contributed by atoms with Gasteiger partial charge in [0.2, 0.25) is 11.8 Å². The number of methoxy groups -OCH3 is 2. The summed E-state index contributed by atoms with van der Waals surface area (Å²) in [5.41, 5.74) is 0. The largest absolute Gasteiger partial charge is 0.474 e. The van der Waals surface area contributed by atoms with Gasteiger partial charge in [-0.05, 0) is 0 Å². The highest BCUT2D eigenvalue weighted by molar-refractivity contribution is 7.71. The van der Waals surface area contributed by atoms with Gasteiger partial charge in [-0.1, -0.05) is 24.4 Å². The molecular formula is C14H20N4O4S2. The second kappa shape index (κ2) is 12.5. The lowest BCUT2D eigenvalue weighted by molar-refractivity contribution is 0.143. The Labute approximate surface area is 150 Å². The Bertz CT molecular complexity index is 592. The van der Waals surface area contributed by atoms with Crippen LogP contribution in [0.3, 0.4) is 0 Å². The quantitative estimate of drug-likeness (QED) is 0.539. The summed E-state index contributed by atoms with van der Waals surface area (Å²) >= 11 is 9.62. The van der Waals surface area contributed by atoms with E-state index in [1.807, 2.05) is 0 Å². The fraction of sp³-hybridized carbons (Fsp3) is 0.429. The van der Waals surface area contributed by atoms with Crippen LogP contribution in [0.15, 0.2) is 24.8 Å². The molecule has 0 aliphatic rings. The lowest BCUT2D eigenvalue weighted by Gasteiger charge is -2.02. The van der Waals surface area contributed by atoms with Crippen LogP contribution in [0, 0.1) is 9.28 Å². The molecule has 0 radical (unpaired) electrons. The van der Waals surface area contributed by atoms with Gasteiger partial charge >= 0.3 is 0 Å². The molecule has 0 atom stereocenters. The third kappa shape index (κ3) is 9.30. The minimum Gasteiger partial charge on any atom is -0.474 e. The Balaban J connectivity index is 0.000000240. The number of nitrogens with zero attached hydrogens (tertiary/aromatic N) is 2. The van der Waals surface area contributed by atoms with E-state index in [9.17, 15) is 0 Å². The molecule has 0 aliphatic carbocycles. The zero-order valence-corrected chi connectivity index (χ0v) is 15.1. The first-order valence-corrected chi connectivity index (χ1v) is 7.80. The Kier molecular flexibility index (Phi) is 10.5. The van der Waals surface area contributed by atoms with Gasteiger partial charge in [0.25, 0.3) is 0 Å². The van der Waals surface area contributed by atoms with Gasteiger partial charge in [0.15, 0.2) is 0 Å². The lowest BCUT2D eigenvalue weighted by Crippen LogP contribution is -2.05. The first-order chi connectivity index (χ1) is 11.7. The molecule has 2 aromatic heterocycles. The number of nitrogens with one attached hydrogen (secondary N) is 2. The molecule has 0 fully saturated rings. The predicted molar refractivity (Wildman–Crippen MR) is 93.6 cm³/mol. The lowest BCUT2D eigenvalue weighted by atomic mass is 10.7. The minimum absolute atomic E-state index is 0.494. The van der Waals surface area contributed by atoms with E-state index < -0.39 is 0 Å². The van der Waals surface area contributed by atoms with Crippen molar-refractivity contribution >= 4 is 24.4 Å². The summed E-state index contributed by atoms with van der Waals surface area (Å²) < 4.78 is 21.2. The van der Waals surface area contributed by atoms with Gasteiger partial charge in [-0.25, -0.2) is 9.97 Å². The van der Waals surface area contributed by atoms with E-state index in [2.05, 4.69) is 19.9 Å². The van der Waals surface area contributed by atoms with Crippen LogP contribution in [0.2, 0.25) is 0 Å². The maximum Gasteiger partial charge on any atom is 0.230 e. The second-order valence-electron chi connectivity index (χ2n) is 4.18. The summed E-state index contributed by atoms with van der Waals surface area (Å²) in [5.74, 6) is 1.06. The summed E-state index contributed by atoms with van der Waals surface area (Å²) in [6, 6.07) is 0. The molecule has 2 heterocycles. The van der Waals surface area contributed by atoms with Crippen LogP contribution in [-0.2, 0) is 9.47 Å². The maximum atomic E-state index is 5.19. The van der Waals surface area contributed by atoms with Crippen molar-refractivity contribution < 1.29 is 18.9 Å². The van der Waals surface area contributed by atoms with Gasteiger partial charge < -0.3 is 28.9 Å². The van der Waals surface area contributed by atoms with Gasteiger partial charge in [0.1, 0.15) is 22.5 Å². The number of H-pyrrole nitrogens is 2. The fourth-order valence-corrected chi connectivity index (χ4v) is 1.50. The van der Waals surface area contributed by atoms with Crippen LogP contribution >= 0.6 is 24.4 Å². The smallest absolute Gasteiger partial charge is 0.230 e. The zero-order valence-electron chi connectivity index (χ0n) is 13.5. The fourth-order valence-electron chi connectivity index (χ4n) is 1.28. The van der Waals surface area contributed by atoms with Gasteiger partial charge in [0, 0.05) is 14.2 Å². The van der Waals surface area contributed by atoms with Crippen LogP contribution in [0.4, 0.5) is 0 Å². The number of hydrogen-bond donors (Lipinski definition) is 2. The molecule has 0 saturated heterocycles. The molecule has 2 N–H and O–H groups in total. The van der Waals surface area contributed by atoms with Gasteiger partial charge in [-0.2, -0.15) is 0 Å². The van der Waals surface area contributed by atoms with Crippen LogP contribution in [-0.4, -0.2) is 60.6 Å². The van der Waals surface area contributed by atoms with Crippen molar-refractivity contribution in [2.45, 2.75) is 0 Å². The Morgan fingerprint density at radius 3 is 1.50 bits per heavy atom. The topological polar surface area (TPSA) is 94.3 Å². The third-order valence-corrected chi connectivity index (χ3v) is 2.82. The molecule has 2 rings (SSSR count). The summed E-state index contributed by atoms with van der Waals surface area (Å²) in [5, 5.41) is 0. The van der Waals surface area contributed by atoms with Crippen LogP contribution in [0.5, 0.6) is 11.8 Å². The molecule has 0 saturated carbocycles. The zero-order chi connectivity index (χ0) is 17.6. The highest BCUT2D eigenvalue weighted by Gasteiger charge is 1.92. The van der Waals surface area contributed by atoms with Crippen molar-refractivity contribution in [3.05, 3.63) is 34.1 Å². The van der Waals surface area contributed by atoms with Gasteiger partial charge in [0.05, 0.1) is 38.0 Å². The minimum atomic E-state index is 0.494. The molecule has 0 spiro atoms. The van der Waals surface area contributed by atoms with Crippen LogP contribution < -0.4 is 9.47 Å². The van der Waals surface area contributed by atoms with E-state index in [0.717, 1.165) is 0 Å². The van der Waals surface area contributed by atoms with Gasteiger partial charge in [-0.15, -0.1) is 0 Å². The number of rotatable bonds is 8. The van der Waals surface area contributed by atoms with E-state index in [1.54, 1.807) is 26.6 Å². The number of hydrogen-bond acceptors (Lipinski definition) is 8. The maximum absolute atomic E-state index is 5.19. The van der Waals surface area contributed by atoms with Crippen molar-refractivity contribution in [2.75, 3.05) is 40.6 Å². The monoisotopic (exact) mass is 372 g/mol. The van der Waals surface area contributed by atoms with Crippen LogP contribution in [0.25, 0.3) is 0 Å². The Morgan fingerprint density at radius 1 is 0.792 bits per heavy atom. The molecule has 132 valence electrons. The van der Waals surface area contributed by atoms with E-state index >= 15 is 0 Å². The summed E-state index contributed by atoms with van der Waals surface area (Å²) in [4.78, 5) is 13.5. The normalized spacial score (nSPS) is 9.75. The molecule has 0 aliphatic heterocycles. The summed E-state index contributed by atoms with van der Waals surface area (Å²) in [6.07, 6.45) is 6.32. The van der Waals surface area contributed by atoms with E-state index in [1.165, 1.54) is 12.4 Å². The molecule has 10 heteroatoms. The Morgan fingerprint density at radius 2 is 1.21 bits per heavy atom. The predicted octanol–water partition coefficient (Wildman–Crippen LogP) is 2.33. The van der Waals surface area contributed by atoms with Gasteiger partial charge in [-0.3, -0.25) is 0 Å². The van der Waals surface area contributed by atoms with Crippen molar-refractivity contribution in [3.63, 3.8) is 0 Å². The molecule has 2 aromatic rings. The molecule has 0 amide bonds. The molecule has 0 bridgehead atoms. The highest BCUT2D eigenvalue weighted by atomic mass is 32.1. The van der Waals surface area contributed by atoms with Crippen molar-refractivity contribution in [1.82, 2.24) is 19.9 Å².